The van der Waals surface area contributed by atoms with E-state index < -0.39 is 16.9 Å². The first-order valence-corrected chi connectivity index (χ1v) is 5.26. The zero-order chi connectivity index (χ0) is 12.4. The molecule has 1 aromatic carbocycles. The van der Waals surface area contributed by atoms with Gasteiger partial charge in [-0.2, -0.15) is 0 Å². The molecule has 0 aliphatic carbocycles. The predicted molar refractivity (Wildman–Crippen MR) is 60.9 cm³/mol. The van der Waals surface area contributed by atoms with E-state index >= 15 is 0 Å². The highest BCUT2D eigenvalue weighted by atomic mass is 35.5. The number of rotatable bonds is 3. The van der Waals surface area contributed by atoms with Gasteiger partial charge in [0.1, 0.15) is 5.92 Å². The van der Waals surface area contributed by atoms with Gasteiger partial charge in [-0.05, 0) is 17.2 Å². The molecule has 1 unspecified atom stereocenters. The van der Waals surface area contributed by atoms with Crippen molar-refractivity contribution in [2.75, 3.05) is 0 Å². The second kappa shape index (κ2) is 4.55. The minimum absolute atomic E-state index is 0.196. The molecule has 1 heterocycles. The minimum Gasteiger partial charge on any atom is -0.296 e. The Bertz CT molecular complexity index is 588. The van der Waals surface area contributed by atoms with Crippen LogP contribution in [0, 0.1) is 0 Å². The van der Waals surface area contributed by atoms with Crippen LogP contribution in [0.25, 0.3) is 0 Å². The van der Waals surface area contributed by atoms with E-state index in [2.05, 4.69) is 9.68 Å². The van der Waals surface area contributed by atoms with Crippen LogP contribution in [0.4, 0.5) is 0 Å². The summed E-state index contributed by atoms with van der Waals surface area (Å²) < 4.78 is 5.66. The van der Waals surface area contributed by atoms with Crippen molar-refractivity contribution in [3.63, 3.8) is 0 Å². The van der Waals surface area contributed by atoms with Crippen LogP contribution in [-0.2, 0) is 11.8 Å². The Hall–Kier alpha value is -1.88. The van der Waals surface area contributed by atoms with Gasteiger partial charge in [0.2, 0.25) is 5.24 Å². The van der Waals surface area contributed by atoms with E-state index in [1.165, 1.54) is 7.05 Å². The number of halogens is 1. The summed E-state index contributed by atoms with van der Waals surface area (Å²) in [5.41, 5.74) is 0.663. The second-order valence-electron chi connectivity index (χ2n) is 3.51. The number of hydrogen-bond donors (Lipinski definition) is 0. The zero-order valence-corrected chi connectivity index (χ0v) is 9.72. The first-order valence-electron chi connectivity index (χ1n) is 4.88. The van der Waals surface area contributed by atoms with Crippen molar-refractivity contribution >= 4 is 16.8 Å². The second-order valence-corrected chi connectivity index (χ2v) is 3.89. The van der Waals surface area contributed by atoms with Gasteiger partial charge in [-0.3, -0.25) is 13.9 Å². The molecular formula is C11H9ClN2O3. The van der Waals surface area contributed by atoms with Crippen molar-refractivity contribution in [2.24, 2.45) is 7.05 Å². The summed E-state index contributed by atoms with van der Waals surface area (Å²) in [6.07, 6.45) is 0. The number of aromatic nitrogens is 2. The van der Waals surface area contributed by atoms with Gasteiger partial charge < -0.3 is 0 Å². The third-order valence-corrected chi connectivity index (χ3v) is 2.67. The smallest absolute Gasteiger partial charge is 0.296 e. The highest BCUT2D eigenvalue weighted by molar-refractivity contribution is 6.65. The van der Waals surface area contributed by atoms with Crippen molar-refractivity contribution in [3.05, 3.63) is 52.3 Å². The van der Waals surface area contributed by atoms with Crippen molar-refractivity contribution in [1.29, 1.82) is 0 Å². The van der Waals surface area contributed by atoms with Crippen molar-refractivity contribution in [3.8, 4) is 0 Å². The maximum Gasteiger partial charge on any atom is 0.441 e. The quantitative estimate of drug-likeness (QED) is 0.772. The molecule has 0 spiro atoms. The van der Waals surface area contributed by atoms with Crippen molar-refractivity contribution in [2.45, 2.75) is 5.92 Å². The fourth-order valence-electron chi connectivity index (χ4n) is 1.58. The molecule has 1 atom stereocenters. The van der Waals surface area contributed by atoms with Crippen LogP contribution >= 0.6 is 11.6 Å². The van der Waals surface area contributed by atoms with Crippen LogP contribution in [-0.4, -0.2) is 15.0 Å². The largest absolute Gasteiger partial charge is 0.441 e. The summed E-state index contributed by atoms with van der Waals surface area (Å²) in [5.74, 6) is -1.23. The average molecular weight is 253 g/mol. The molecule has 1 aromatic heterocycles. The maximum atomic E-state index is 11.5. The Morgan fingerprint density at radius 2 is 2.06 bits per heavy atom. The van der Waals surface area contributed by atoms with E-state index in [1.54, 1.807) is 24.3 Å². The van der Waals surface area contributed by atoms with Crippen LogP contribution in [0.15, 0.2) is 39.6 Å². The van der Waals surface area contributed by atoms with Gasteiger partial charge in [0, 0.05) is 7.05 Å². The molecule has 0 saturated carbocycles. The van der Waals surface area contributed by atoms with Crippen LogP contribution in [0.1, 0.15) is 17.3 Å². The first-order chi connectivity index (χ1) is 8.11. The van der Waals surface area contributed by atoms with Gasteiger partial charge in [-0.25, -0.2) is 4.79 Å². The fraction of sp³-hybridized carbons (Fsp3) is 0.182. The summed E-state index contributed by atoms with van der Waals surface area (Å²) in [7, 11) is 1.48. The van der Waals surface area contributed by atoms with Gasteiger partial charge >= 0.3 is 5.76 Å². The standard InChI is InChI=1S/C11H9ClN2O3/c1-14-10(13-17-11(14)16)8(9(12)15)7-5-3-2-4-6-7/h2-6,8H,1H3. The molecule has 6 heteroatoms. The van der Waals surface area contributed by atoms with Gasteiger partial charge in [-0.15, -0.1) is 0 Å². The molecule has 2 aromatic rings. The molecular weight excluding hydrogens is 244 g/mol. The lowest BCUT2D eigenvalue weighted by Gasteiger charge is -2.10. The highest BCUT2D eigenvalue weighted by Gasteiger charge is 2.27. The highest BCUT2D eigenvalue weighted by Crippen LogP contribution is 2.24. The Labute approximate surface area is 102 Å². The summed E-state index contributed by atoms with van der Waals surface area (Å²) in [6.45, 7) is 0. The summed E-state index contributed by atoms with van der Waals surface area (Å²) >= 11 is 5.56. The topological polar surface area (TPSA) is 65.1 Å². The number of carbonyl (C=O) groups excluding carboxylic acids is 1. The van der Waals surface area contributed by atoms with Crippen LogP contribution in [0.3, 0.4) is 0 Å². The molecule has 0 fully saturated rings. The number of nitrogens with zero attached hydrogens (tertiary/aromatic N) is 2. The third kappa shape index (κ3) is 2.14. The lowest BCUT2D eigenvalue weighted by molar-refractivity contribution is -0.112. The lowest BCUT2D eigenvalue weighted by Crippen LogP contribution is -2.18. The van der Waals surface area contributed by atoms with Gasteiger partial charge in [0.05, 0.1) is 0 Å². The average Bonchev–Trinajstić information content (AvgIpc) is 2.63. The van der Waals surface area contributed by atoms with Crippen molar-refractivity contribution in [1.82, 2.24) is 9.72 Å². The summed E-state index contributed by atoms with van der Waals surface area (Å²) in [6, 6.07) is 8.86. The Balaban J connectivity index is 2.55. The molecule has 2 rings (SSSR count). The monoisotopic (exact) mass is 252 g/mol. The molecule has 17 heavy (non-hydrogen) atoms. The Morgan fingerprint density at radius 1 is 1.41 bits per heavy atom. The van der Waals surface area contributed by atoms with E-state index in [0.717, 1.165) is 4.57 Å². The van der Waals surface area contributed by atoms with Gasteiger partial charge in [0.25, 0.3) is 0 Å². The molecule has 0 aliphatic rings. The molecule has 0 radical (unpaired) electrons. The molecule has 0 bridgehead atoms. The van der Waals surface area contributed by atoms with Gasteiger partial charge in [0.15, 0.2) is 5.82 Å². The van der Waals surface area contributed by atoms with E-state index in [1.807, 2.05) is 6.07 Å². The molecule has 5 nitrogen and oxygen atoms in total. The van der Waals surface area contributed by atoms with E-state index in [0.29, 0.717) is 5.56 Å². The number of carbonyl (C=O) groups is 1. The lowest BCUT2D eigenvalue weighted by atomic mass is 10.00. The molecule has 0 amide bonds. The Kier molecular flexibility index (Phi) is 3.10. The Morgan fingerprint density at radius 3 is 2.53 bits per heavy atom. The molecule has 88 valence electrons. The number of benzene rings is 1. The predicted octanol–water partition coefficient (Wildman–Crippen LogP) is 1.27. The third-order valence-electron chi connectivity index (χ3n) is 2.45. The number of hydrogen-bond acceptors (Lipinski definition) is 4. The fourth-order valence-corrected chi connectivity index (χ4v) is 1.80. The van der Waals surface area contributed by atoms with Gasteiger partial charge in [-0.1, -0.05) is 35.5 Å². The maximum absolute atomic E-state index is 11.5. The SMILES string of the molecule is Cn1c(C(C(=O)Cl)c2ccccc2)noc1=O. The summed E-state index contributed by atoms with van der Waals surface area (Å²) in [5, 5.41) is 2.97. The van der Waals surface area contributed by atoms with Crippen LogP contribution in [0.2, 0.25) is 0 Å². The minimum atomic E-state index is -0.797. The first kappa shape index (κ1) is 11.6. The molecule has 0 saturated heterocycles. The van der Waals surface area contributed by atoms with E-state index in [9.17, 15) is 9.59 Å². The van der Waals surface area contributed by atoms with Crippen LogP contribution < -0.4 is 5.76 Å². The normalized spacial score (nSPS) is 12.4. The molecule has 0 aliphatic heterocycles. The molecule has 0 N–H and O–H groups in total. The van der Waals surface area contributed by atoms with E-state index in [-0.39, 0.29) is 5.82 Å². The zero-order valence-electron chi connectivity index (χ0n) is 8.96. The van der Waals surface area contributed by atoms with Crippen LogP contribution in [0.5, 0.6) is 0 Å². The summed E-state index contributed by atoms with van der Waals surface area (Å²) in [4.78, 5) is 22.7. The van der Waals surface area contributed by atoms with Crippen molar-refractivity contribution < 1.29 is 9.32 Å². The van der Waals surface area contributed by atoms with E-state index in [4.69, 9.17) is 11.6 Å².